The van der Waals surface area contributed by atoms with E-state index in [0.717, 1.165) is 0 Å². The third-order valence-corrected chi connectivity index (χ3v) is 2.65. The lowest BCUT2D eigenvalue weighted by Gasteiger charge is -2.18. The Hall–Kier alpha value is -2.59. The molecule has 0 saturated heterocycles. The Kier molecular flexibility index (Phi) is 5.50. The molecular formula is C13H15N3O4. The molecule has 0 fully saturated rings. The van der Waals surface area contributed by atoms with E-state index in [0.29, 0.717) is 11.3 Å². The van der Waals surface area contributed by atoms with Gasteiger partial charge in [-0.25, -0.2) is 9.59 Å². The van der Waals surface area contributed by atoms with Gasteiger partial charge in [-0.2, -0.15) is 5.26 Å². The SMILES string of the molecule is CN(C(=O)NCCC(O)C(=O)O)c1cccc(C#N)c1. The molecule has 0 radical (unpaired) electrons. The van der Waals surface area contributed by atoms with Crippen LogP contribution in [0, 0.1) is 11.3 Å². The Labute approximate surface area is 116 Å². The van der Waals surface area contributed by atoms with Crippen LogP contribution in [0.15, 0.2) is 24.3 Å². The molecule has 3 N–H and O–H groups in total. The van der Waals surface area contributed by atoms with E-state index >= 15 is 0 Å². The Morgan fingerprint density at radius 1 is 1.50 bits per heavy atom. The molecule has 0 spiro atoms. The number of carbonyl (C=O) groups is 2. The van der Waals surface area contributed by atoms with Crippen LogP contribution in [-0.4, -0.2) is 41.9 Å². The minimum Gasteiger partial charge on any atom is -0.479 e. The third-order valence-electron chi connectivity index (χ3n) is 2.65. The van der Waals surface area contributed by atoms with Gasteiger partial charge >= 0.3 is 12.0 Å². The van der Waals surface area contributed by atoms with Crippen LogP contribution in [0.4, 0.5) is 10.5 Å². The van der Waals surface area contributed by atoms with Crippen molar-refractivity contribution in [2.45, 2.75) is 12.5 Å². The van der Waals surface area contributed by atoms with Crippen molar-refractivity contribution in [3.05, 3.63) is 29.8 Å². The number of aliphatic carboxylic acids is 1. The molecule has 1 aromatic carbocycles. The van der Waals surface area contributed by atoms with E-state index in [-0.39, 0.29) is 13.0 Å². The van der Waals surface area contributed by atoms with Crippen molar-refractivity contribution in [1.82, 2.24) is 5.32 Å². The number of anilines is 1. The summed E-state index contributed by atoms with van der Waals surface area (Å²) >= 11 is 0. The van der Waals surface area contributed by atoms with Gasteiger partial charge in [0.05, 0.1) is 11.6 Å². The lowest BCUT2D eigenvalue weighted by Crippen LogP contribution is -2.39. The van der Waals surface area contributed by atoms with Crippen LogP contribution in [0.2, 0.25) is 0 Å². The Balaban J connectivity index is 2.55. The van der Waals surface area contributed by atoms with Crippen molar-refractivity contribution >= 4 is 17.7 Å². The number of carbonyl (C=O) groups excluding carboxylic acids is 1. The van der Waals surface area contributed by atoms with Gasteiger partial charge in [-0.3, -0.25) is 4.90 Å². The van der Waals surface area contributed by atoms with Crippen LogP contribution < -0.4 is 10.2 Å². The summed E-state index contributed by atoms with van der Waals surface area (Å²) in [5.74, 6) is -1.32. The van der Waals surface area contributed by atoms with Crippen molar-refractivity contribution in [2.75, 3.05) is 18.5 Å². The van der Waals surface area contributed by atoms with Crippen LogP contribution in [0.5, 0.6) is 0 Å². The van der Waals surface area contributed by atoms with E-state index in [1.165, 1.54) is 11.9 Å². The predicted molar refractivity (Wildman–Crippen MR) is 71.2 cm³/mol. The van der Waals surface area contributed by atoms with Gasteiger partial charge in [0.25, 0.3) is 0 Å². The number of benzene rings is 1. The zero-order valence-electron chi connectivity index (χ0n) is 10.9. The first kappa shape index (κ1) is 15.5. The van der Waals surface area contributed by atoms with Gasteiger partial charge < -0.3 is 15.5 Å². The number of nitrogens with zero attached hydrogens (tertiary/aromatic N) is 2. The molecule has 1 atom stereocenters. The van der Waals surface area contributed by atoms with Crippen LogP contribution in [0.1, 0.15) is 12.0 Å². The molecule has 0 saturated carbocycles. The van der Waals surface area contributed by atoms with E-state index in [9.17, 15) is 9.59 Å². The zero-order chi connectivity index (χ0) is 15.1. The highest BCUT2D eigenvalue weighted by Crippen LogP contribution is 2.14. The van der Waals surface area contributed by atoms with E-state index < -0.39 is 18.1 Å². The molecule has 0 aliphatic carbocycles. The number of carboxylic acid groups (broad SMARTS) is 1. The molecule has 106 valence electrons. The molecule has 1 aromatic rings. The molecule has 1 rings (SSSR count). The molecule has 0 aliphatic rings. The Morgan fingerprint density at radius 2 is 2.20 bits per heavy atom. The van der Waals surface area contributed by atoms with Gasteiger partial charge in [0.2, 0.25) is 0 Å². The summed E-state index contributed by atoms with van der Waals surface area (Å²) in [6.07, 6.45) is -1.57. The highest BCUT2D eigenvalue weighted by molar-refractivity contribution is 5.91. The second-order valence-corrected chi connectivity index (χ2v) is 4.10. The zero-order valence-corrected chi connectivity index (χ0v) is 10.9. The van der Waals surface area contributed by atoms with E-state index in [4.69, 9.17) is 15.5 Å². The minimum absolute atomic E-state index is 0.0363. The van der Waals surface area contributed by atoms with Gasteiger partial charge in [0.15, 0.2) is 6.10 Å². The lowest BCUT2D eigenvalue weighted by molar-refractivity contribution is -0.146. The van der Waals surface area contributed by atoms with Gasteiger partial charge in [-0.05, 0) is 18.2 Å². The van der Waals surface area contributed by atoms with Gasteiger partial charge in [0.1, 0.15) is 0 Å². The number of aliphatic hydroxyl groups excluding tert-OH is 1. The third kappa shape index (κ3) is 4.26. The number of carboxylic acids is 1. The first-order valence-electron chi connectivity index (χ1n) is 5.88. The smallest absolute Gasteiger partial charge is 0.332 e. The number of aliphatic hydroxyl groups is 1. The van der Waals surface area contributed by atoms with Crippen LogP contribution in [0.3, 0.4) is 0 Å². The Bertz CT molecular complexity index is 539. The van der Waals surface area contributed by atoms with Crippen molar-refractivity contribution < 1.29 is 19.8 Å². The number of hydrogen-bond acceptors (Lipinski definition) is 4. The molecular weight excluding hydrogens is 262 g/mol. The van der Waals surface area contributed by atoms with Gasteiger partial charge in [-0.1, -0.05) is 6.07 Å². The fourth-order valence-electron chi connectivity index (χ4n) is 1.46. The first-order chi connectivity index (χ1) is 9.45. The van der Waals surface area contributed by atoms with E-state index in [1.54, 1.807) is 24.3 Å². The highest BCUT2D eigenvalue weighted by Gasteiger charge is 2.15. The van der Waals surface area contributed by atoms with E-state index in [2.05, 4.69) is 5.32 Å². The summed E-state index contributed by atoms with van der Waals surface area (Å²) in [6, 6.07) is 8.04. The number of amides is 2. The molecule has 2 amide bonds. The normalized spacial score (nSPS) is 11.2. The quantitative estimate of drug-likeness (QED) is 0.726. The molecule has 0 bridgehead atoms. The fourth-order valence-corrected chi connectivity index (χ4v) is 1.46. The van der Waals surface area contributed by atoms with Crippen LogP contribution in [0.25, 0.3) is 0 Å². The number of nitriles is 1. The molecule has 20 heavy (non-hydrogen) atoms. The molecule has 0 aromatic heterocycles. The summed E-state index contributed by atoms with van der Waals surface area (Å²) < 4.78 is 0. The maximum absolute atomic E-state index is 11.8. The summed E-state index contributed by atoms with van der Waals surface area (Å²) in [4.78, 5) is 23.5. The second-order valence-electron chi connectivity index (χ2n) is 4.10. The van der Waals surface area contributed by atoms with Gasteiger partial charge in [-0.15, -0.1) is 0 Å². The summed E-state index contributed by atoms with van der Waals surface area (Å²) in [6.45, 7) is 0.0363. The Morgan fingerprint density at radius 3 is 2.80 bits per heavy atom. The van der Waals surface area contributed by atoms with E-state index in [1.807, 2.05) is 6.07 Å². The molecule has 7 heteroatoms. The molecule has 0 heterocycles. The molecule has 1 unspecified atom stereocenters. The van der Waals surface area contributed by atoms with Crippen molar-refractivity contribution in [2.24, 2.45) is 0 Å². The average Bonchev–Trinajstić information content (AvgIpc) is 2.46. The minimum atomic E-state index is -1.50. The summed E-state index contributed by atoms with van der Waals surface area (Å²) in [5.41, 5.74) is 0.976. The standard InChI is InChI=1S/C13H15N3O4/c1-16(10-4-2-3-9(7-10)8-14)13(20)15-6-5-11(17)12(18)19/h2-4,7,11,17H,5-6H2,1H3,(H,15,20)(H,18,19). The number of nitrogens with one attached hydrogen (secondary N) is 1. The molecule has 0 aliphatic heterocycles. The molecule has 7 nitrogen and oxygen atoms in total. The number of rotatable bonds is 5. The monoisotopic (exact) mass is 277 g/mol. The van der Waals surface area contributed by atoms with Crippen molar-refractivity contribution in [1.29, 1.82) is 5.26 Å². The van der Waals surface area contributed by atoms with Crippen molar-refractivity contribution in [3.8, 4) is 6.07 Å². The maximum Gasteiger partial charge on any atom is 0.332 e. The fraction of sp³-hybridized carbons (Fsp3) is 0.308. The number of urea groups is 1. The van der Waals surface area contributed by atoms with Crippen LogP contribution in [-0.2, 0) is 4.79 Å². The van der Waals surface area contributed by atoms with Crippen LogP contribution >= 0.6 is 0 Å². The predicted octanol–water partition coefficient (Wildman–Crippen LogP) is 0.540. The summed E-state index contributed by atoms with van der Waals surface area (Å²) in [7, 11) is 1.53. The van der Waals surface area contributed by atoms with Gasteiger partial charge in [0, 0.05) is 25.7 Å². The maximum atomic E-state index is 11.8. The topological polar surface area (TPSA) is 114 Å². The first-order valence-corrected chi connectivity index (χ1v) is 5.88. The summed E-state index contributed by atoms with van der Waals surface area (Å²) in [5, 5.41) is 28.8. The largest absolute Gasteiger partial charge is 0.479 e. The lowest BCUT2D eigenvalue weighted by atomic mass is 10.2. The average molecular weight is 277 g/mol. The highest BCUT2D eigenvalue weighted by atomic mass is 16.4. The van der Waals surface area contributed by atoms with Crippen molar-refractivity contribution in [3.63, 3.8) is 0 Å². The number of hydrogen-bond donors (Lipinski definition) is 3. The second kappa shape index (κ2) is 7.11.